The predicted octanol–water partition coefficient (Wildman–Crippen LogP) is 4.23. The Kier molecular flexibility index (Phi) is 3.83. The van der Waals surface area contributed by atoms with Crippen molar-refractivity contribution in [2.75, 3.05) is 6.54 Å². The SMILES string of the molecule is NCC1CCCc2cc(Sc3cc(F)cc4[nH]cnc34)ccc21. The summed E-state index contributed by atoms with van der Waals surface area (Å²) in [5.41, 5.74) is 10.2. The molecule has 3 N–H and O–H groups in total. The van der Waals surface area contributed by atoms with Gasteiger partial charge in [-0.15, -0.1) is 0 Å². The highest BCUT2D eigenvalue weighted by Crippen LogP contribution is 2.37. The maximum Gasteiger partial charge on any atom is 0.126 e. The zero-order valence-electron chi connectivity index (χ0n) is 12.7. The number of hydrogen-bond donors (Lipinski definition) is 2. The summed E-state index contributed by atoms with van der Waals surface area (Å²) in [5, 5.41) is 0. The molecule has 0 fully saturated rings. The lowest BCUT2D eigenvalue weighted by Gasteiger charge is -2.24. The van der Waals surface area contributed by atoms with Crippen molar-refractivity contribution in [3.8, 4) is 0 Å². The van der Waals surface area contributed by atoms with Crippen LogP contribution in [-0.2, 0) is 6.42 Å². The van der Waals surface area contributed by atoms with Crippen LogP contribution in [0.1, 0.15) is 29.9 Å². The summed E-state index contributed by atoms with van der Waals surface area (Å²) in [7, 11) is 0. The van der Waals surface area contributed by atoms with E-state index in [2.05, 4.69) is 28.2 Å². The minimum atomic E-state index is -0.245. The summed E-state index contributed by atoms with van der Waals surface area (Å²) < 4.78 is 13.8. The number of hydrogen-bond acceptors (Lipinski definition) is 3. The summed E-state index contributed by atoms with van der Waals surface area (Å²) in [5.74, 6) is 0.232. The Morgan fingerprint density at radius 1 is 1.30 bits per heavy atom. The smallest absolute Gasteiger partial charge is 0.126 e. The van der Waals surface area contributed by atoms with Crippen LogP contribution >= 0.6 is 11.8 Å². The van der Waals surface area contributed by atoms with Crippen LogP contribution in [0.2, 0.25) is 0 Å². The maximum absolute atomic E-state index is 13.8. The van der Waals surface area contributed by atoms with E-state index in [1.807, 2.05) is 0 Å². The molecule has 0 saturated carbocycles. The highest BCUT2D eigenvalue weighted by Gasteiger charge is 2.19. The number of nitrogens with zero attached hydrogens (tertiary/aromatic N) is 1. The Labute approximate surface area is 138 Å². The molecule has 1 heterocycles. The Balaban J connectivity index is 1.70. The van der Waals surface area contributed by atoms with Gasteiger partial charge in [0.2, 0.25) is 0 Å². The summed E-state index contributed by atoms with van der Waals surface area (Å²) >= 11 is 1.56. The molecule has 0 amide bonds. The largest absolute Gasteiger partial charge is 0.344 e. The van der Waals surface area contributed by atoms with Gasteiger partial charge in [-0.05, 0) is 67.1 Å². The van der Waals surface area contributed by atoms with Crippen LogP contribution in [0.25, 0.3) is 11.0 Å². The van der Waals surface area contributed by atoms with Gasteiger partial charge in [0.25, 0.3) is 0 Å². The highest BCUT2D eigenvalue weighted by molar-refractivity contribution is 7.99. The molecule has 1 atom stereocenters. The molecule has 2 aromatic carbocycles. The highest BCUT2D eigenvalue weighted by atomic mass is 32.2. The van der Waals surface area contributed by atoms with E-state index in [1.54, 1.807) is 24.2 Å². The third kappa shape index (κ3) is 2.75. The molecule has 1 aliphatic rings. The van der Waals surface area contributed by atoms with Crippen molar-refractivity contribution in [2.45, 2.75) is 35.0 Å². The second-order valence-corrected chi connectivity index (χ2v) is 7.11. The van der Waals surface area contributed by atoms with Gasteiger partial charge in [-0.25, -0.2) is 9.37 Å². The minimum Gasteiger partial charge on any atom is -0.344 e. The Bertz CT molecular complexity index is 859. The van der Waals surface area contributed by atoms with E-state index in [9.17, 15) is 4.39 Å². The van der Waals surface area contributed by atoms with Gasteiger partial charge in [-0.3, -0.25) is 0 Å². The first-order chi connectivity index (χ1) is 11.2. The number of aromatic amines is 1. The fraction of sp³-hybridized carbons (Fsp3) is 0.278. The number of aryl methyl sites for hydroxylation is 1. The number of imidazole rings is 1. The first-order valence-corrected chi connectivity index (χ1v) is 8.69. The second kappa shape index (κ2) is 5.98. The van der Waals surface area contributed by atoms with Gasteiger partial charge in [0.1, 0.15) is 11.3 Å². The average molecular weight is 327 g/mol. The number of aromatic nitrogens is 2. The van der Waals surface area contributed by atoms with Crippen molar-refractivity contribution in [3.63, 3.8) is 0 Å². The molecule has 118 valence electrons. The standard InChI is InChI=1S/C18H18FN3S/c19-13-7-16-18(22-10-21-16)17(8-13)23-14-4-5-15-11(6-14)2-1-3-12(15)9-20/h4-8,10,12H,1-3,9,20H2,(H,21,22). The molecule has 0 spiro atoms. The summed E-state index contributed by atoms with van der Waals surface area (Å²) in [6.07, 6.45) is 5.06. The van der Waals surface area contributed by atoms with Gasteiger partial charge in [0.15, 0.2) is 0 Å². The van der Waals surface area contributed by atoms with Crippen LogP contribution in [-0.4, -0.2) is 16.5 Å². The van der Waals surface area contributed by atoms with Gasteiger partial charge < -0.3 is 10.7 Å². The normalized spacial score (nSPS) is 17.4. The van der Waals surface area contributed by atoms with Crippen molar-refractivity contribution < 1.29 is 4.39 Å². The van der Waals surface area contributed by atoms with E-state index >= 15 is 0 Å². The zero-order valence-corrected chi connectivity index (χ0v) is 13.5. The van der Waals surface area contributed by atoms with Crippen LogP contribution in [0, 0.1) is 5.82 Å². The van der Waals surface area contributed by atoms with Crippen molar-refractivity contribution in [1.82, 2.24) is 9.97 Å². The van der Waals surface area contributed by atoms with E-state index in [0.29, 0.717) is 12.5 Å². The molecule has 23 heavy (non-hydrogen) atoms. The Morgan fingerprint density at radius 2 is 2.22 bits per heavy atom. The lowest BCUT2D eigenvalue weighted by molar-refractivity contribution is 0.560. The van der Waals surface area contributed by atoms with Crippen molar-refractivity contribution in [3.05, 3.63) is 53.6 Å². The fourth-order valence-corrected chi connectivity index (χ4v) is 4.41. The lowest BCUT2D eigenvalue weighted by atomic mass is 9.83. The average Bonchev–Trinajstić information content (AvgIpc) is 3.02. The van der Waals surface area contributed by atoms with Crippen LogP contribution in [0.4, 0.5) is 4.39 Å². The molecular weight excluding hydrogens is 309 g/mol. The number of halogens is 1. The molecule has 4 rings (SSSR count). The van der Waals surface area contributed by atoms with Crippen LogP contribution in [0.5, 0.6) is 0 Å². The molecule has 1 aromatic heterocycles. The van der Waals surface area contributed by atoms with E-state index in [0.717, 1.165) is 27.2 Å². The second-order valence-electron chi connectivity index (χ2n) is 5.99. The molecule has 1 aliphatic carbocycles. The summed E-state index contributed by atoms with van der Waals surface area (Å²) in [4.78, 5) is 9.24. The monoisotopic (exact) mass is 327 g/mol. The van der Waals surface area contributed by atoms with Gasteiger partial charge in [0.05, 0.1) is 11.8 Å². The van der Waals surface area contributed by atoms with E-state index in [1.165, 1.54) is 30.0 Å². The quantitative estimate of drug-likeness (QED) is 0.757. The van der Waals surface area contributed by atoms with E-state index in [4.69, 9.17) is 5.73 Å². The zero-order chi connectivity index (χ0) is 15.8. The molecule has 3 aromatic rings. The van der Waals surface area contributed by atoms with Gasteiger partial charge in [-0.2, -0.15) is 0 Å². The Hall–Kier alpha value is -1.85. The molecule has 0 aliphatic heterocycles. The molecular formula is C18H18FN3S. The van der Waals surface area contributed by atoms with E-state index < -0.39 is 0 Å². The molecule has 3 nitrogen and oxygen atoms in total. The number of benzene rings is 2. The molecule has 5 heteroatoms. The topological polar surface area (TPSA) is 54.7 Å². The van der Waals surface area contributed by atoms with Gasteiger partial charge in [-0.1, -0.05) is 17.8 Å². The van der Waals surface area contributed by atoms with Crippen LogP contribution < -0.4 is 5.73 Å². The first kappa shape index (κ1) is 14.7. The van der Waals surface area contributed by atoms with Crippen LogP contribution in [0.15, 0.2) is 46.5 Å². The van der Waals surface area contributed by atoms with Gasteiger partial charge in [0, 0.05) is 9.79 Å². The van der Waals surface area contributed by atoms with E-state index in [-0.39, 0.29) is 5.82 Å². The van der Waals surface area contributed by atoms with Gasteiger partial charge >= 0.3 is 0 Å². The van der Waals surface area contributed by atoms with Crippen molar-refractivity contribution in [1.29, 1.82) is 0 Å². The summed E-state index contributed by atoms with van der Waals surface area (Å²) in [6.45, 7) is 0.706. The Morgan fingerprint density at radius 3 is 3.09 bits per heavy atom. The number of nitrogens with two attached hydrogens (primary N) is 1. The number of fused-ring (bicyclic) bond motifs is 2. The number of rotatable bonds is 3. The molecule has 0 saturated heterocycles. The maximum atomic E-state index is 13.8. The third-order valence-electron chi connectivity index (χ3n) is 4.52. The first-order valence-electron chi connectivity index (χ1n) is 7.88. The predicted molar refractivity (Wildman–Crippen MR) is 91.4 cm³/mol. The van der Waals surface area contributed by atoms with Crippen molar-refractivity contribution in [2.24, 2.45) is 5.73 Å². The summed E-state index contributed by atoms with van der Waals surface area (Å²) in [6, 6.07) is 9.56. The lowest BCUT2D eigenvalue weighted by Crippen LogP contribution is -2.18. The number of nitrogens with one attached hydrogen (secondary N) is 1. The van der Waals surface area contributed by atoms with Crippen molar-refractivity contribution >= 4 is 22.8 Å². The molecule has 1 unspecified atom stereocenters. The number of H-pyrrole nitrogens is 1. The third-order valence-corrected chi connectivity index (χ3v) is 5.54. The van der Waals surface area contributed by atoms with Crippen LogP contribution in [0.3, 0.4) is 0 Å². The molecule has 0 bridgehead atoms. The fourth-order valence-electron chi connectivity index (χ4n) is 3.39. The minimum absolute atomic E-state index is 0.245. The molecule has 0 radical (unpaired) electrons.